The highest BCUT2D eigenvalue weighted by Gasteiger charge is 1.99. The molecule has 0 atom stereocenters. The van der Waals surface area contributed by atoms with E-state index in [4.69, 9.17) is 0 Å². The van der Waals surface area contributed by atoms with Crippen molar-refractivity contribution in [3.8, 4) is 0 Å². The van der Waals surface area contributed by atoms with E-state index in [1.807, 2.05) is 24.3 Å². The van der Waals surface area contributed by atoms with E-state index < -0.39 is 0 Å². The molecule has 63 valence electrons. The Balaban J connectivity index is 2.38. The molecule has 1 radical (unpaired) electrons. The standard InChI is InChI=1S/C10H11O2/c1-12-10(11)8-7-9-5-3-2-4-6-9/h2-5H,7-8H2,1H3. The number of esters is 1. The van der Waals surface area contributed by atoms with Gasteiger partial charge in [-0.15, -0.1) is 0 Å². The predicted molar refractivity (Wildman–Crippen MR) is 45.6 cm³/mol. The summed E-state index contributed by atoms with van der Waals surface area (Å²) < 4.78 is 4.52. The van der Waals surface area contributed by atoms with Crippen LogP contribution in [0.4, 0.5) is 0 Å². The van der Waals surface area contributed by atoms with Gasteiger partial charge in [-0.05, 0) is 18.1 Å². The zero-order valence-electron chi connectivity index (χ0n) is 7.04. The summed E-state index contributed by atoms with van der Waals surface area (Å²) in [6, 6.07) is 10.7. The lowest BCUT2D eigenvalue weighted by atomic mass is 10.1. The largest absolute Gasteiger partial charge is 0.469 e. The maximum absolute atomic E-state index is 10.7. The molecule has 0 aliphatic heterocycles. The van der Waals surface area contributed by atoms with Gasteiger partial charge in [-0.1, -0.05) is 24.3 Å². The van der Waals surface area contributed by atoms with Gasteiger partial charge in [0.2, 0.25) is 0 Å². The molecule has 0 amide bonds. The van der Waals surface area contributed by atoms with E-state index in [-0.39, 0.29) is 5.97 Å². The third-order valence-corrected chi connectivity index (χ3v) is 1.60. The number of methoxy groups -OCH3 is 1. The van der Waals surface area contributed by atoms with E-state index in [1.54, 1.807) is 0 Å². The van der Waals surface area contributed by atoms with E-state index in [1.165, 1.54) is 7.11 Å². The smallest absolute Gasteiger partial charge is 0.305 e. The molecular formula is C10H11O2. The molecule has 2 nitrogen and oxygen atoms in total. The number of carbonyl (C=O) groups is 1. The molecule has 12 heavy (non-hydrogen) atoms. The van der Waals surface area contributed by atoms with Gasteiger partial charge in [0.05, 0.1) is 7.11 Å². The van der Waals surface area contributed by atoms with Crippen LogP contribution in [-0.4, -0.2) is 13.1 Å². The number of benzene rings is 1. The minimum Gasteiger partial charge on any atom is -0.469 e. The zero-order chi connectivity index (χ0) is 8.81. The lowest BCUT2D eigenvalue weighted by molar-refractivity contribution is -0.140. The Hall–Kier alpha value is -1.31. The molecule has 0 aromatic heterocycles. The maximum Gasteiger partial charge on any atom is 0.305 e. The molecule has 0 bridgehead atoms. The summed E-state index contributed by atoms with van der Waals surface area (Å²) in [4.78, 5) is 10.7. The van der Waals surface area contributed by atoms with Crippen molar-refractivity contribution in [2.24, 2.45) is 0 Å². The average Bonchev–Trinajstić information content (AvgIpc) is 2.16. The zero-order valence-corrected chi connectivity index (χ0v) is 7.04. The SMILES string of the molecule is COC(=O)CCc1[c]cccc1. The van der Waals surface area contributed by atoms with E-state index >= 15 is 0 Å². The Bertz CT molecular complexity index is 241. The first kappa shape index (κ1) is 8.78. The quantitative estimate of drug-likeness (QED) is 0.632. The van der Waals surface area contributed by atoms with Gasteiger partial charge in [0.15, 0.2) is 0 Å². The highest BCUT2D eigenvalue weighted by atomic mass is 16.5. The number of rotatable bonds is 3. The van der Waals surface area contributed by atoms with Gasteiger partial charge >= 0.3 is 5.97 Å². The van der Waals surface area contributed by atoms with Crippen LogP contribution in [0.3, 0.4) is 0 Å². The minimum atomic E-state index is -0.174. The molecule has 1 rings (SSSR count). The molecular weight excluding hydrogens is 152 g/mol. The molecule has 1 aromatic carbocycles. The van der Waals surface area contributed by atoms with Crippen LogP contribution < -0.4 is 0 Å². The lowest BCUT2D eigenvalue weighted by Gasteiger charge is -1.98. The molecule has 0 fully saturated rings. The highest BCUT2D eigenvalue weighted by Crippen LogP contribution is 2.01. The Morgan fingerprint density at radius 3 is 3.00 bits per heavy atom. The summed E-state index contributed by atoms with van der Waals surface area (Å²) in [5.41, 5.74) is 1.04. The summed E-state index contributed by atoms with van der Waals surface area (Å²) >= 11 is 0. The number of hydrogen-bond donors (Lipinski definition) is 0. The summed E-state index contributed by atoms with van der Waals surface area (Å²) in [5.74, 6) is -0.174. The second-order valence-corrected chi connectivity index (χ2v) is 2.46. The molecule has 0 heterocycles. The van der Waals surface area contributed by atoms with Crippen LogP contribution in [0.15, 0.2) is 24.3 Å². The van der Waals surface area contributed by atoms with Crippen molar-refractivity contribution in [3.63, 3.8) is 0 Å². The van der Waals surface area contributed by atoms with Crippen molar-refractivity contribution in [1.82, 2.24) is 0 Å². The maximum atomic E-state index is 10.7. The summed E-state index contributed by atoms with van der Waals surface area (Å²) in [6.45, 7) is 0. The summed E-state index contributed by atoms with van der Waals surface area (Å²) in [7, 11) is 1.40. The monoisotopic (exact) mass is 163 g/mol. The molecule has 0 saturated carbocycles. The Morgan fingerprint density at radius 2 is 2.42 bits per heavy atom. The third-order valence-electron chi connectivity index (χ3n) is 1.60. The van der Waals surface area contributed by atoms with Gasteiger partial charge < -0.3 is 4.74 Å². The second kappa shape index (κ2) is 4.54. The normalized spacial score (nSPS) is 9.42. The van der Waals surface area contributed by atoms with Crippen LogP contribution in [0.2, 0.25) is 0 Å². The topological polar surface area (TPSA) is 26.3 Å². The third kappa shape index (κ3) is 2.74. The van der Waals surface area contributed by atoms with Gasteiger partial charge in [0, 0.05) is 6.42 Å². The van der Waals surface area contributed by atoms with Crippen LogP contribution in [0.25, 0.3) is 0 Å². The fourth-order valence-electron chi connectivity index (χ4n) is 0.925. The first-order valence-corrected chi connectivity index (χ1v) is 3.85. The summed E-state index contributed by atoms with van der Waals surface area (Å²) in [5, 5.41) is 0. The number of carbonyl (C=O) groups excluding carboxylic acids is 1. The minimum absolute atomic E-state index is 0.174. The fraction of sp³-hybridized carbons (Fsp3) is 0.300. The second-order valence-electron chi connectivity index (χ2n) is 2.46. The first-order chi connectivity index (χ1) is 5.83. The van der Waals surface area contributed by atoms with E-state index in [0.29, 0.717) is 12.8 Å². The van der Waals surface area contributed by atoms with Gasteiger partial charge in [0.25, 0.3) is 0 Å². The Kier molecular flexibility index (Phi) is 3.33. The van der Waals surface area contributed by atoms with Crippen LogP contribution in [0.5, 0.6) is 0 Å². The lowest BCUT2D eigenvalue weighted by Crippen LogP contribution is -2.01. The molecule has 1 aromatic rings. The van der Waals surface area contributed by atoms with Crippen LogP contribution in [-0.2, 0) is 16.0 Å². The summed E-state index contributed by atoms with van der Waals surface area (Å²) in [6.07, 6.45) is 1.13. The van der Waals surface area contributed by atoms with Crippen molar-refractivity contribution in [2.75, 3.05) is 7.11 Å². The molecule has 0 saturated heterocycles. The number of hydrogen-bond acceptors (Lipinski definition) is 2. The first-order valence-electron chi connectivity index (χ1n) is 3.85. The van der Waals surface area contributed by atoms with Gasteiger partial charge in [0.1, 0.15) is 0 Å². The molecule has 2 heteroatoms. The van der Waals surface area contributed by atoms with Crippen molar-refractivity contribution in [1.29, 1.82) is 0 Å². The number of ether oxygens (including phenoxy) is 1. The van der Waals surface area contributed by atoms with Crippen molar-refractivity contribution in [3.05, 3.63) is 35.9 Å². The van der Waals surface area contributed by atoms with Gasteiger partial charge in [-0.3, -0.25) is 4.79 Å². The van der Waals surface area contributed by atoms with Crippen molar-refractivity contribution in [2.45, 2.75) is 12.8 Å². The molecule has 0 unspecified atom stereocenters. The van der Waals surface area contributed by atoms with Crippen LogP contribution in [0.1, 0.15) is 12.0 Å². The van der Waals surface area contributed by atoms with Gasteiger partial charge in [-0.25, -0.2) is 0 Å². The molecule has 0 spiro atoms. The fourth-order valence-corrected chi connectivity index (χ4v) is 0.925. The number of aryl methyl sites for hydroxylation is 1. The van der Waals surface area contributed by atoms with Crippen LogP contribution in [0, 0.1) is 6.07 Å². The molecule has 0 aliphatic carbocycles. The molecule has 0 aliphatic rings. The van der Waals surface area contributed by atoms with E-state index in [9.17, 15) is 4.79 Å². The molecule has 0 N–H and O–H groups in total. The predicted octanol–water partition coefficient (Wildman–Crippen LogP) is 1.59. The van der Waals surface area contributed by atoms with E-state index in [2.05, 4.69) is 10.8 Å². The van der Waals surface area contributed by atoms with Gasteiger partial charge in [-0.2, -0.15) is 0 Å². The Labute approximate surface area is 72.2 Å². The average molecular weight is 163 g/mol. The highest BCUT2D eigenvalue weighted by molar-refractivity contribution is 5.69. The van der Waals surface area contributed by atoms with Crippen LogP contribution >= 0.6 is 0 Å². The van der Waals surface area contributed by atoms with Crippen molar-refractivity contribution >= 4 is 5.97 Å². The van der Waals surface area contributed by atoms with Crippen molar-refractivity contribution < 1.29 is 9.53 Å². The Morgan fingerprint density at radius 1 is 1.58 bits per heavy atom. The van der Waals surface area contributed by atoms with E-state index in [0.717, 1.165) is 5.56 Å².